The molecule has 0 bridgehead atoms. The zero-order valence-corrected chi connectivity index (χ0v) is 11.5. The number of hydrogen-bond donors (Lipinski definition) is 0. The molecule has 3 heterocycles. The minimum absolute atomic E-state index is 0.176. The van der Waals surface area contributed by atoms with E-state index in [-0.39, 0.29) is 29.5 Å². The summed E-state index contributed by atoms with van der Waals surface area (Å²) in [4.78, 5) is 19.7. The Morgan fingerprint density at radius 2 is 2.09 bits per heavy atom. The number of alkyl halides is 3. The first-order valence-corrected chi connectivity index (χ1v) is 6.82. The Labute approximate surface area is 127 Å². The first kappa shape index (κ1) is 13.9. The molecule has 0 fully saturated rings. The van der Waals surface area contributed by atoms with Gasteiger partial charge in [0.25, 0.3) is 11.6 Å². The number of Topliss-reactive ketones (excluding diaryl/α,β-unsaturated/α-hetero) is 1. The van der Waals surface area contributed by atoms with E-state index in [1.54, 1.807) is 12.1 Å². The normalized spacial score (nSPS) is 18.4. The van der Waals surface area contributed by atoms with E-state index in [9.17, 15) is 18.0 Å². The molecule has 3 aromatic rings. The zero-order valence-electron chi connectivity index (χ0n) is 11.5. The number of aromatic nitrogens is 4. The Morgan fingerprint density at radius 3 is 2.78 bits per heavy atom. The first-order chi connectivity index (χ1) is 10.9. The molecule has 0 saturated heterocycles. The van der Waals surface area contributed by atoms with Crippen LogP contribution in [0.25, 0.3) is 5.78 Å². The predicted molar refractivity (Wildman–Crippen MR) is 69.9 cm³/mol. The molecule has 118 valence electrons. The van der Waals surface area contributed by atoms with Crippen LogP contribution in [0.4, 0.5) is 13.2 Å². The molecule has 0 aromatic carbocycles. The van der Waals surface area contributed by atoms with Crippen LogP contribution >= 0.6 is 0 Å². The number of fused-ring (bicyclic) bond motifs is 2. The highest BCUT2D eigenvalue weighted by Gasteiger charge is 2.37. The van der Waals surface area contributed by atoms with Crippen molar-refractivity contribution in [3.63, 3.8) is 0 Å². The molecular weight excluding hydrogens is 313 g/mol. The number of ketones is 1. The summed E-state index contributed by atoms with van der Waals surface area (Å²) in [6.45, 7) is 0. The maximum atomic E-state index is 12.7. The van der Waals surface area contributed by atoms with Gasteiger partial charge >= 0.3 is 6.18 Å². The van der Waals surface area contributed by atoms with Gasteiger partial charge in [-0.1, -0.05) is 0 Å². The summed E-state index contributed by atoms with van der Waals surface area (Å²) in [6.07, 6.45) is -1.26. The molecule has 9 heteroatoms. The smallest absolute Gasteiger partial charge is 0.453 e. The van der Waals surface area contributed by atoms with Gasteiger partial charge in [0.05, 0.1) is 17.5 Å². The molecule has 0 radical (unpaired) electrons. The van der Waals surface area contributed by atoms with E-state index < -0.39 is 12.0 Å². The lowest BCUT2D eigenvalue weighted by Crippen LogP contribution is -2.21. The maximum absolute atomic E-state index is 12.7. The van der Waals surface area contributed by atoms with E-state index in [1.165, 1.54) is 12.5 Å². The van der Waals surface area contributed by atoms with Crippen molar-refractivity contribution in [1.82, 2.24) is 19.6 Å². The van der Waals surface area contributed by atoms with Crippen molar-refractivity contribution in [3.8, 4) is 0 Å². The summed E-state index contributed by atoms with van der Waals surface area (Å²) in [6, 6.07) is 3.49. The number of hydrogen-bond acceptors (Lipinski definition) is 5. The molecule has 0 N–H and O–H groups in total. The molecule has 23 heavy (non-hydrogen) atoms. The standard InChI is InChI=1S/C14H9F3N4O2/c15-14(16,17)12-19-13-18-9-4-7(11-2-1-3-23-11)5-10(22)8(9)6-21(13)20-12/h1-3,6-7H,4-5H2/t7-/m1/s1. The summed E-state index contributed by atoms with van der Waals surface area (Å²) in [5, 5.41) is 3.34. The highest BCUT2D eigenvalue weighted by molar-refractivity contribution is 5.98. The molecule has 0 saturated carbocycles. The van der Waals surface area contributed by atoms with Crippen LogP contribution in [0.3, 0.4) is 0 Å². The summed E-state index contributed by atoms with van der Waals surface area (Å²) in [7, 11) is 0. The van der Waals surface area contributed by atoms with E-state index in [4.69, 9.17) is 4.42 Å². The molecule has 1 aliphatic carbocycles. The fourth-order valence-electron chi connectivity index (χ4n) is 2.73. The van der Waals surface area contributed by atoms with Crippen LogP contribution in [0.5, 0.6) is 0 Å². The highest BCUT2D eigenvalue weighted by Crippen LogP contribution is 2.32. The van der Waals surface area contributed by atoms with Crippen LogP contribution in [0.15, 0.2) is 29.0 Å². The molecule has 0 spiro atoms. The topological polar surface area (TPSA) is 73.3 Å². The summed E-state index contributed by atoms with van der Waals surface area (Å²) >= 11 is 0. The van der Waals surface area contributed by atoms with Crippen LogP contribution in [-0.2, 0) is 12.6 Å². The SMILES string of the molecule is O=C1C[C@H](c2ccco2)Cc2nc3nc(C(F)(F)F)nn3cc21. The van der Waals surface area contributed by atoms with Crippen LogP contribution in [0.1, 0.15) is 40.0 Å². The number of nitrogens with zero attached hydrogens (tertiary/aromatic N) is 4. The number of halogens is 3. The quantitative estimate of drug-likeness (QED) is 0.688. The van der Waals surface area contributed by atoms with Crippen LogP contribution in [-0.4, -0.2) is 25.4 Å². The monoisotopic (exact) mass is 322 g/mol. The molecule has 6 nitrogen and oxygen atoms in total. The van der Waals surface area contributed by atoms with Gasteiger partial charge in [0.2, 0.25) is 0 Å². The van der Waals surface area contributed by atoms with Crippen molar-refractivity contribution < 1.29 is 22.4 Å². The second kappa shape index (κ2) is 4.64. The summed E-state index contributed by atoms with van der Waals surface area (Å²) in [5.41, 5.74) is 0.690. The Balaban J connectivity index is 1.79. The zero-order chi connectivity index (χ0) is 16.2. The van der Waals surface area contributed by atoms with Crippen molar-refractivity contribution in [1.29, 1.82) is 0 Å². The second-order valence-corrected chi connectivity index (χ2v) is 5.32. The summed E-state index contributed by atoms with van der Waals surface area (Å²) < 4.78 is 44.3. The molecule has 0 amide bonds. The van der Waals surface area contributed by atoms with Crippen molar-refractivity contribution >= 4 is 11.6 Å². The van der Waals surface area contributed by atoms with E-state index in [1.807, 2.05) is 0 Å². The fourth-order valence-corrected chi connectivity index (χ4v) is 2.73. The second-order valence-electron chi connectivity index (χ2n) is 5.32. The van der Waals surface area contributed by atoms with Gasteiger partial charge < -0.3 is 4.42 Å². The van der Waals surface area contributed by atoms with Gasteiger partial charge in [-0.2, -0.15) is 18.2 Å². The number of furan rings is 1. The van der Waals surface area contributed by atoms with Crippen LogP contribution in [0, 0.1) is 0 Å². The van der Waals surface area contributed by atoms with E-state index >= 15 is 0 Å². The van der Waals surface area contributed by atoms with Crippen molar-refractivity contribution in [2.45, 2.75) is 24.9 Å². The Hall–Kier alpha value is -2.71. The molecule has 1 atom stereocenters. The molecule has 0 aliphatic heterocycles. The lowest BCUT2D eigenvalue weighted by Gasteiger charge is -2.20. The van der Waals surface area contributed by atoms with Crippen LogP contribution in [0.2, 0.25) is 0 Å². The number of carbonyl (C=O) groups is 1. The maximum Gasteiger partial charge on any atom is 0.453 e. The number of carbonyl (C=O) groups excluding carboxylic acids is 1. The molecule has 0 unspecified atom stereocenters. The van der Waals surface area contributed by atoms with Crippen molar-refractivity contribution in [3.05, 3.63) is 47.4 Å². The van der Waals surface area contributed by atoms with Crippen molar-refractivity contribution in [2.75, 3.05) is 0 Å². The van der Waals surface area contributed by atoms with Crippen molar-refractivity contribution in [2.24, 2.45) is 0 Å². The van der Waals surface area contributed by atoms with Crippen LogP contribution < -0.4 is 0 Å². The Morgan fingerprint density at radius 1 is 1.26 bits per heavy atom. The Bertz CT molecular complexity index is 899. The minimum Gasteiger partial charge on any atom is -0.469 e. The molecule has 1 aliphatic rings. The van der Waals surface area contributed by atoms with Gasteiger partial charge in [0.1, 0.15) is 5.76 Å². The summed E-state index contributed by atoms with van der Waals surface area (Å²) in [5.74, 6) is -1.18. The van der Waals surface area contributed by atoms with Gasteiger partial charge in [-0.3, -0.25) is 4.79 Å². The lowest BCUT2D eigenvalue weighted by atomic mass is 9.85. The van der Waals surface area contributed by atoms with Gasteiger partial charge in [-0.25, -0.2) is 9.50 Å². The third-order valence-electron chi connectivity index (χ3n) is 3.78. The fraction of sp³-hybridized carbons (Fsp3) is 0.286. The van der Waals surface area contributed by atoms with Gasteiger partial charge in [-0.05, 0) is 12.1 Å². The largest absolute Gasteiger partial charge is 0.469 e. The Kier molecular flexibility index (Phi) is 2.81. The number of rotatable bonds is 1. The molecular formula is C14H9F3N4O2. The van der Waals surface area contributed by atoms with Gasteiger partial charge in [0, 0.05) is 25.0 Å². The average Bonchev–Trinajstić information content (AvgIpc) is 3.13. The first-order valence-electron chi connectivity index (χ1n) is 6.82. The van der Waals surface area contributed by atoms with E-state index in [2.05, 4.69) is 15.1 Å². The average molecular weight is 322 g/mol. The van der Waals surface area contributed by atoms with E-state index in [0.29, 0.717) is 17.9 Å². The molecule has 4 rings (SSSR count). The van der Waals surface area contributed by atoms with Gasteiger partial charge in [0.15, 0.2) is 5.78 Å². The minimum atomic E-state index is -4.66. The molecule has 3 aromatic heterocycles. The van der Waals surface area contributed by atoms with E-state index in [0.717, 1.165) is 4.52 Å². The third kappa shape index (κ3) is 2.28. The lowest BCUT2D eigenvalue weighted by molar-refractivity contribution is -0.144. The third-order valence-corrected chi connectivity index (χ3v) is 3.78. The highest BCUT2D eigenvalue weighted by atomic mass is 19.4. The predicted octanol–water partition coefficient (Wildman–Crippen LogP) is 2.65. The van der Waals surface area contributed by atoms with Gasteiger partial charge in [-0.15, -0.1) is 5.10 Å².